The topological polar surface area (TPSA) is 38.2 Å². The molecule has 0 N–H and O–H groups in total. The van der Waals surface area contributed by atoms with Gasteiger partial charge in [0.15, 0.2) is 0 Å². The second-order valence-corrected chi connectivity index (χ2v) is 5.90. The Balaban J connectivity index is 1.39. The van der Waals surface area contributed by atoms with Crippen molar-refractivity contribution in [3.63, 3.8) is 0 Å². The highest BCUT2D eigenvalue weighted by molar-refractivity contribution is 5.35. The molecule has 1 aliphatic heterocycles. The monoisotopic (exact) mass is 245 g/mol. The molecular weight excluding hydrogens is 226 g/mol. The lowest BCUT2D eigenvalue weighted by atomic mass is 10.1. The molecule has 0 unspecified atom stereocenters. The molecule has 0 radical (unpaired) electrons. The number of piperidine rings is 1. The fourth-order valence-corrected chi connectivity index (χ4v) is 3.34. The molecule has 96 valence electrons. The molecule has 2 bridgehead atoms. The molecular formula is C14H19N3O. The van der Waals surface area contributed by atoms with Gasteiger partial charge in [0, 0.05) is 37.5 Å². The zero-order valence-electron chi connectivity index (χ0n) is 10.5. The van der Waals surface area contributed by atoms with E-state index in [-0.39, 0.29) is 0 Å². The van der Waals surface area contributed by atoms with Gasteiger partial charge in [-0.15, -0.1) is 0 Å². The van der Waals surface area contributed by atoms with Gasteiger partial charge in [0.05, 0.1) is 6.10 Å². The summed E-state index contributed by atoms with van der Waals surface area (Å²) in [5, 5.41) is 0. The fraction of sp³-hybridized carbons (Fsp3) is 0.714. The van der Waals surface area contributed by atoms with Crippen LogP contribution in [0.3, 0.4) is 0 Å². The zero-order valence-corrected chi connectivity index (χ0v) is 10.5. The van der Waals surface area contributed by atoms with Gasteiger partial charge in [-0.1, -0.05) is 0 Å². The van der Waals surface area contributed by atoms with Crippen molar-refractivity contribution in [3.8, 4) is 0 Å². The number of ether oxygens (including phenoxy) is 1. The first-order valence-corrected chi connectivity index (χ1v) is 7.05. The number of hydrogen-bond acceptors (Lipinski definition) is 4. The Labute approximate surface area is 107 Å². The molecule has 3 atom stereocenters. The van der Waals surface area contributed by atoms with Crippen LogP contribution in [0, 0.1) is 11.8 Å². The highest BCUT2D eigenvalue weighted by Crippen LogP contribution is 2.41. The molecule has 1 saturated heterocycles. The van der Waals surface area contributed by atoms with E-state index in [0.717, 1.165) is 31.4 Å². The summed E-state index contributed by atoms with van der Waals surface area (Å²) >= 11 is 0. The van der Waals surface area contributed by atoms with Crippen molar-refractivity contribution < 1.29 is 4.74 Å². The van der Waals surface area contributed by atoms with E-state index in [9.17, 15) is 0 Å². The van der Waals surface area contributed by atoms with Crippen LogP contribution in [0.4, 0.5) is 5.95 Å². The summed E-state index contributed by atoms with van der Waals surface area (Å²) in [4.78, 5) is 11.1. The Morgan fingerprint density at radius 1 is 1.22 bits per heavy atom. The van der Waals surface area contributed by atoms with Crippen LogP contribution < -0.4 is 4.90 Å². The predicted molar refractivity (Wildman–Crippen MR) is 68.4 cm³/mol. The van der Waals surface area contributed by atoms with Gasteiger partial charge in [-0.2, -0.15) is 0 Å². The van der Waals surface area contributed by atoms with E-state index in [2.05, 4.69) is 14.9 Å². The molecule has 2 aliphatic carbocycles. The smallest absolute Gasteiger partial charge is 0.225 e. The van der Waals surface area contributed by atoms with Crippen LogP contribution in [0.15, 0.2) is 18.5 Å². The molecule has 2 heterocycles. The van der Waals surface area contributed by atoms with Gasteiger partial charge in [0.1, 0.15) is 0 Å². The second-order valence-electron chi connectivity index (χ2n) is 5.90. The number of nitrogens with zero attached hydrogens (tertiary/aromatic N) is 3. The molecule has 18 heavy (non-hydrogen) atoms. The first kappa shape index (κ1) is 10.7. The summed E-state index contributed by atoms with van der Waals surface area (Å²) in [7, 11) is 0. The molecule has 0 aromatic carbocycles. The molecule has 2 saturated carbocycles. The summed E-state index contributed by atoms with van der Waals surface area (Å²) in [6.45, 7) is 2.07. The molecule has 4 heteroatoms. The fourth-order valence-electron chi connectivity index (χ4n) is 3.34. The SMILES string of the molecule is c1cnc(N2C[C@H]3C[C@H]2C[C@@H]3OCC2CC2)nc1. The van der Waals surface area contributed by atoms with Crippen molar-refractivity contribution in [1.29, 1.82) is 0 Å². The summed E-state index contributed by atoms with van der Waals surface area (Å²) in [5.74, 6) is 2.46. The lowest BCUT2D eigenvalue weighted by molar-refractivity contribution is 0.0180. The average Bonchev–Trinajstić information content (AvgIpc) is 3.04. The summed E-state index contributed by atoms with van der Waals surface area (Å²) in [5.41, 5.74) is 0. The minimum atomic E-state index is 0.496. The van der Waals surface area contributed by atoms with Gasteiger partial charge < -0.3 is 9.64 Å². The van der Waals surface area contributed by atoms with Crippen LogP contribution in [-0.2, 0) is 4.74 Å². The van der Waals surface area contributed by atoms with E-state index in [0.29, 0.717) is 18.1 Å². The number of fused-ring (bicyclic) bond motifs is 2. The zero-order chi connectivity index (χ0) is 11.9. The number of rotatable bonds is 4. The Morgan fingerprint density at radius 3 is 2.72 bits per heavy atom. The van der Waals surface area contributed by atoms with Crippen LogP contribution in [0.25, 0.3) is 0 Å². The van der Waals surface area contributed by atoms with Crippen LogP contribution in [0.2, 0.25) is 0 Å². The molecule has 4 nitrogen and oxygen atoms in total. The Bertz CT molecular complexity index is 420. The Kier molecular flexibility index (Phi) is 2.50. The minimum Gasteiger partial charge on any atom is -0.377 e. The number of hydrogen-bond donors (Lipinski definition) is 0. The summed E-state index contributed by atoms with van der Waals surface area (Å²) < 4.78 is 6.08. The average molecular weight is 245 g/mol. The highest BCUT2D eigenvalue weighted by Gasteiger charge is 2.46. The number of aromatic nitrogens is 2. The maximum Gasteiger partial charge on any atom is 0.225 e. The lowest BCUT2D eigenvalue weighted by Gasteiger charge is -2.31. The third-order valence-electron chi connectivity index (χ3n) is 4.53. The standard InChI is InChI=1S/C14H19N3O/c1-4-15-14(16-5-1)17-8-11-6-12(17)7-13(11)18-9-10-2-3-10/h1,4-5,10-13H,2-3,6-9H2/t11-,12+,13+/m1/s1. The highest BCUT2D eigenvalue weighted by atomic mass is 16.5. The van der Waals surface area contributed by atoms with Gasteiger partial charge in [0.25, 0.3) is 0 Å². The van der Waals surface area contributed by atoms with Crippen molar-refractivity contribution in [3.05, 3.63) is 18.5 Å². The van der Waals surface area contributed by atoms with Gasteiger partial charge in [-0.25, -0.2) is 9.97 Å². The lowest BCUT2D eigenvalue weighted by Crippen LogP contribution is -2.39. The molecule has 3 aliphatic rings. The van der Waals surface area contributed by atoms with Crippen LogP contribution in [0.5, 0.6) is 0 Å². The quantitative estimate of drug-likeness (QED) is 0.811. The molecule has 1 aromatic heterocycles. The van der Waals surface area contributed by atoms with Crippen LogP contribution in [0.1, 0.15) is 25.7 Å². The van der Waals surface area contributed by atoms with Crippen molar-refractivity contribution in [1.82, 2.24) is 9.97 Å². The van der Waals surface area contributed by atoms with E-state index in [1.165, 1.54) is 19.3 Å². The normalized spacial score (nSPS) is 34.2. The third kappa shape index (κ3) is 1.88. The van der Waals surface area contributed by atoms with Crippen LogP contribution >= 0.6 is 0 Å². The van der Waals surface area contributed by atoms with Crippen molar-refractivity contribution in [2.24, 2.45) is 11.8 Å². The number of anilines is 1. The van der Waals surface area contributed by atoms with E-state index >= 15 is 0 Å². The first-order chi connectivity index (χ1) is 8.90. The molecule has 0 spiro atoms. The predicted octanol–water partition coefficient (Wildman–Crippen LogP) is 1.87. The Morgan fingerprint density at radius 2 is 2.06 bits per heavy atom. The molecule has 1 aromatic rings. The summed E-state index contributed by atoms with van der Waals surface area (Å²) in [6.07, 6.45) is 9.33. The van der Waals surface area contributed by atoms with Crippen LogP contribution in [-0.4, -0.2) is 35.3 Å². The summed E-state index contributed by atoms with van der Waals surface area (Å²) in [6, 6.07) is 2.47. The van der Waals surface area contributed by atoms with Crippen molar-refractivity contribution in [2.75, 3.05) is 18.1 Å². The maximum absolute atomic E-state index is 6.08. The van der Waals surface area contributed by atoms with Crippen molar-refractivity contribution in [2.45, 2.75) is 37.8 Å². The van der Waals surface area contributed by atoms with E-state index in [1.807, 2.05) is 18.5 Å². The Hall–Kier alpha value is -1.16. The minimum absolute atomic E-state index is 0.496. The molecule has 4 rings (SSSR count). The largest absolute Gasteiger partial charge is 0.377 e. The molecule has 0 amide bonds. The van der Waals surface area contributed by atoms with Gasteiger partial charge in [-0.3, -0.25) is 0 Å². The van der Waals surface area contributed by atoms with Crippen molar-refractivity contribution >= 4 is 5.95 Å². The van der Waals surface area contributed by atoms with Gasteiger partial charge in [-0.05, 0) is 37.7 Å². The molecule has 3 fully saturated rings. The second kappa shape index (κ2) is 4.19. The van der Waals surface area contributed by atoms with E-state index < -0.39 is 0 Å². The maximum atomic E-state index is 6.08. The first-order valence-electron chi connectivity index (χ1n) is 7.05. The van der Waals surface area contributed by atoms with E-state index in [4.69, 9.17) is 4.74 Å². The van der Waals surface area contributed by atoms with Gasteiger partial charge in [0.2, 0.25) is 5.95 Å². The van der Waals surface area contributed by atoms with E-state index in [1.54, 1.807) is 0 Å². The third-order valence-corrected chi connectivity index (χ3v) is 4.53. The van der Waals surface area contributed by atoms with Gasteiger partial charge >= 0.3 is 0 Å².